The van der Waals surface area contributed by atoms with Gasteiger partial charge in [-0.2, -0.15) is 0 Å². The highest BCUT2D eigenvalue weighted by Crippen LogP contribution is 2.27. The molecule has 3 nitrogen and oxygen atoms in total. The van der Waals surface area contributed by atoms with Crippen LogP contribution in [0.2, 0.25) is 10.0 Å². The highest BCUT2D eigenvalue weighted by Gasteiger charge is 2.13. The molecule has 0 atom stereocenters. The number of hydrogen-bond donors (Lipinski definition) is 2. The van der Waals surface area contributed by atoms with Gasteiger partial charge in [-0.1, -0.05) is 23.2 Å². The van der Waals surface area contributed by atoms with E-state index in [1.807, 2.05) is 0 Å². The third-order valence-corrected chi connectivity index (χ3v) is 3.62. The summed E-state index contributed by atoms with van der Waals surface area (Å²) in [6.07, 6.45) is 0. The predicted molar refractivity (Wildman–Crippen MR) is 85.2 cm³/mol. The summed E-state index contributed by atoms with van der Waals surface area (Å²) in [5.41, 5.74) is 0.584. The Morgan fingerprint density at radius 3 is 2.63 bits per heavy atom. The van der Waals surface area contributed by atoms with Gasteiger partial charge in [-0.15, -0.1) is 0 Å². The molecule has 0 aliphatic rings. The van der Waals surface area contributed by atoms with E-state index in [4.69, 9.17) is 23.2 Å². The van der Waals surface area contributed by atoms with E-state index < -0.39 is 5.91 Å². The van der Waals surface area contributed by atoms with E-state index in [1.165, 1.54) is 6.07 Å². The van der Waals surface area contributed by atoms with Crippen LogP contribution in [-0.2, 0) is 0 Å². The van der Waals surface area contributed by atoms with E-state index in [0.29, 0.717) is 15.7 Å². The van der Waals surface area contributed by atoms with Crippen LogP contribution in [-0.4, -0.2) is 11.0 Å². The molecule has 0 heterocycles. The lowest BCUT2D eigenvalue weighted by atomic mass is 10.2. The van der Waals surface area contributed by atoms with E-state index in [-0.39, 0.29) is 11.3 Å². The molecule has 0 spiro atoms. The Balaban J connectivity index is 2.30. The smallest absolute Gasteiger partial charge is 0.259 e. The Labute approximate surface area is 133 Å². The molecule has 2 aromatic carbocycles. The van der Waals surface area contributed by atoms with Crippen molar-refractivity contribution in [3.63, 3.8) is 0 Å². The van der Waals surface area contributed by atoms with Crippen molar-refractivity contribution in [1.82, 2.24) is 0 Å². The molecule has 0 aromatic heterocycles. The summed E-state index contributed by atoms with van der Waals surface area (Å²) in [7, 11) is 0. The fraction of sp³-hybridized carbons (Fsp3) is 0. The Kier molecular flexibility index (Phi) is 4.54. The van der Waals surface area contributed by atoms with Crippen molar-refractivity contribution in [1.29, 1.82) is 0 Å². The summed E-state index contributed by atoms with van der Waals surface area (Å²) in [5.74, 6) is -0.531. The van der Waals surface area contributed by atoms with E-state index in [0.717, 1.165) is 3.57 Å². The molecule has 0 unspecified atom stereocenters. The number of benzene rings is 2. The maximum Gasteiger partial charge on any atom is 0.259 e. The van der Waals surface area contributed by atoms with Crippen molar-refractivity contribution in [2.75, 3.05) is 5.32 Å². The zero-order valence-electron chi connectivity index (χ0n) is 9.45. The van der Waals surface area contributed by atoms with Gasteiger partial charge in [-0.25, -0.2) is 0 Å². The zero-order chi connectivity index (χ0) is 14.0. The van der Waals surface area contributed by atoms with Crippen LogP contribution in [0.3, 0.4) is 0 Å². The second-order valence-corrected chi connectivity index (χ2v) is 5.83. The van der Waals surface area contributed by atoms with Gasteiger partial charge >= 0.3 is 0 Å². The minimum atomic E-state index is -0.444. The first-order valence-electron chi connectivity index (χ1n) is 5.22. The minimum absolute atomic E-state index is 0.0870. The van der Waals surface area contributed by atoms with Crippen molar-refractivity contribution >= 4 is 57.4 Å². The second-order valence-electron chi connectivity index (χ2n) is 3.74. The van der Waals surface area contributed by atoms with E-state index in [2.05, 4.69) is 27.9 Å². The molecular formula is C13H8Cl2INO2. The zero-order valence-corrected chi connectivity index (χ0v) is 13.1. The van der Waals surface area contributed by atoms with Crippen LogP contribution in [0.4, 0.5) is 5.69 Å². The molecule has 0 saturated carbocycles. The number of phenols is 1. The van der Waals surface area contributed by atoms with Crippen molar-refractivity contribution in [2.45, 2.75) is 0 Å². The monoisotopic (exact) mass is 407 g/mol. The molecule has 0 aliphatic carbocycles. The third kappa shape index (κ3) is 3.52. The maximum absolute atomic E-state index is 12.1. The molecule has 2 N–H and O–H groups in total. The highest BCUT2D eigenvalue weighted by molar-refractivity contribution is 14.1. The quantitative estimate of drug-likeness (QED) is 0.717. The third-order valence-electron chi connectivity index (χ3n) is 2.38. The summed E-state index contributed by atoms with van der Waals surface area (Å²) in [6, 6.07) is 9.53. The normalized spacial score (nSPS) is 10.3. The number of nitrogens with one attached hydrogen (secondary N) is 1. The number of hydrogen-bond acceptors (Lipinski definition) is 2. The van der Waals surface area contributed by atoms with Gasteiger partial charge in [0.1, 0.15) is 5.75 Å². The molecule has 1 amide bonds. The number of anilines is 1. The lowest BCUT2D eigenvalue weighted by molar-refractivity contribution is 0.102. The number of carbonyl (C=O) groups excluding carboxylic acids is 1. The van der Waals surface area contributed by atoms with E-state index >= 15 is 0 Å². The Hall–Kier alpha value is -0.980. The molecule has 2 aromatic rings. The summed E-state index contributed by atoms with van der Waals surface area (Å²) < 4.78 is 0.845. The van der Waals surface area contributed by atoms with E-state index in [1.54, 1.807) is 30.3 Å². The van der Waals surface area contributed by atoms with Crippen LogP contribution < -0.4 is 5.32 Å². The summed E-state index contributed by atoms with van der Waals surface area (Å²) in [6.45, 7) is 0. The Bertz CT molecular complexity index is 647. The molecule has 6 heteroatoms. The van der Waals surface area contributed by atoms with Crippen LogP contribution in [0.5, 0.6) is 5.75 Å². The molecule has 0 fully saturated rings. The highest BCUT2D eigenvalue weighted by atomic mass is 127. The molecule has 0 saturated heterocycles. The van der Waals surface area contributed by atoms with Crippen LogP contribution >= 0.6 is 45.8 Å². The van der Waals surface area contributed by atoms with Crippen molar-refractivity contribution in [3.8, 4) is 5.75 Å². The van der Waals surface area contributed by atoms with Gasteiger partial charge in [0.05, 0.1) is 16.3 Å². The number of halogens is 3. The van der Waals surface area contributed by atoms with Crippen molar-refractivity contribution in [2.24, 2.45) is 0 Å². The average molecular weight is 408 g/mol. The average Bonchev–Trinajstić information content (AvgIpc) is 2.36. The predicted octanol–water partition coefficient (Wildman–Crippen LogP) is 4.56. The molecule has 0 bridgehead atoms. The topological polar surface area (TPSA) is 49.3 Å². The SMILES string of the molecule is O=C(Nc1cc(Cl)ccc1Cl)c1cc(I)ccc1O. The second kappa shape index (κ2) is 5.98. The first kappa shape index (κ1) is 14.4. The molecular weight excluding hydrogens is 400 g/mol. The minimum Gasteiger partial charge on any atom is -0.507 e. The summed E-state index contributed by atoms with van der Waals surface area (Å²) in [5, 5.41) is 13.1. The van der Waals surface area contributed by atoms with Crippen LogP contribution in [0.15, 0.2) is 36.4 Å². The van der Waals surface area contributed by atoms with Gasteiger partial charge in [0.2, 0.25) is 0 Å². The lowest BCUT2D eigenvalue weighted by Crippen LogP contribution is -2.12. The number of phenolic OH excluding ortho intramolecular Hbond substituents is 1. The molecule has 0 aliphatic heterocycles. The van der Waals surface area contributed by atoms with Gasteiger partial charge in [-0.05, 0) is 59.0 Å². The first-order chi connectivity index (χ1) is 8.97. The maximum atomic E-state index is 12.1. The molecule has 19 heavy (non-hydrogen) atoms. The summed E-state index contributed by atoms with van der Waals surface area (Å²) in [4.78, 5) is 12.1. The fourth-order valence-corrected chi connectivity index (χ4v) is 2.30. The van der Waals surface area contributed by atoms with Crippen molar-refractivity contribution < 1.29 is 9.90 Å². The summed E-state index contributed by atoms with van der Waals surface area (Å²) >= 11 is 13.9. The molecule has 2 rings (SSSR count). The Morgan fingerprint density at radius 1 is 1.16 bits per heavy atom. The number of aromatic hydroxyl groups is 1. The molecule has 98 valence electrons. The van der Waals surface area contributed by atoms with Gasteiger partial charge in [0, 0.05) is 8.59 Å². The molecule has 0 radical (unpaired) electrons. The lowest BCUT2D eigenvalue weighted by Gasteiger charge is -2.09. The van der Waals surface area contributed by atoms with Gasteiger partial charge < -0.3 is 10.4 Å². The fourth-order valence-electron chi connectivity index (χ4n) is 1.47. The standard InChI is InChI=1S/C13H8Cl2INO2/c14-7-1-3-10(15)11(5-7)17-13(19)9-6-8(16)2-4-12(9)18/h1-6,18H,(H,17,19). The number of amides is 1. The van der Waals surface area contributed by atoms with Crippen LogP contribution in [0.1, 0.15) is 10.4 Å². The van der Waals surface area contributed by atoms with Crippen LogP contribution in [0.25, 0.3) is 0 Å². The number of rotatable bonds is 2. The first-order valence-corrected chi connectivity index (χ1v) is 7.06. The van der Waals surface area contributed by atoms with Crippen molar-refractivity contribution in [3.05, 3.63) is 55.6 Å². The van der Waals surface area contributed by atoms with Gasteiger partial charge in [-0.3, -0.25) is 4.79 Å². The van der Waals surface area contributed by atoms with E-state index in [9.17, 15) is 9.90 Å². The largest absolute Gasteiger partial charge is 0.507 e. The van der Waals surface area contributed by atoms with Crippen LogP contribution in [0, 0.1) is 3.57 Å². The number of carbonyl (C=O) groups is 1. The Morgan fingerprint density at radius 2 is 1.89 bits per heavy atom. The van der Waals surface area contributed by atoms with Gasteiger partial charge in [0.15, 0.2) is 0 Å². The van der Waals surface area contributed by atoms with Gasteiger partial charge in [0.25, 0.3) is 5.91 Å².